The first-order valence-corrected chi connectivity index (χ1v) is 8.40. The van der Waals surface area contributed by atoms with Crippen LogP contribution in [0.2, 0.25) is 0 Å². The number of hydrogen-bond acceptors (Lipinski definition) is 3. The number of hydrogen-bond donors (Lipinski definition) is 2. The summed E-state index contributed by atoms with van der Waals surface area (Å²) in [5.74, 6) is 0.118. The fourth-order valence-electron chi connectivity index (χ4n) is 2.55. The van der Waals surface area contributed by atoms with Crippen molar-refractivity contribution in [3.63, 3.8) is 0 Å². The predicted octanol–water partition coefficient (Wildman–Crippen LogP) is 2.86. The maximum atomic E-state index is 12.3. The third-order valence-corrected chi connectivity index (χ3v) is 4.11. The molecule has 0 fully saturated rings. The van der Waals surface area contributed by atoms with Crippen molar-refractivity contribution in [2.75, 3.05) is 6.54 Å². The van der Waals surface area contributed by atoms with E-state index in [1.165, 1.54) is 5.56 Å². The van der Waals surface area contributed by atoms with Gasteiger partial charge in [0.2, 0.25) is 5.91 Å². The minimum Gasteiger partial charge on any atom is -0.481 e. The highest BCUT2D eigenvalue weighted by Gasteiger charge is 2.17. The van der Waals surface area contributed by atoms with Gasteiger partial charge in [0.25, 0.3) is 5.91 Å². The Hall–Kier alpha value is -2.82. The molecule has 0 heterocycles. The van der Waals surface area contributed by atoms with E-state index in [-0.39, 0.29) is 11.8 Å². The predicted molar refractivity (Wildman–Crippen MR) is 97.5 cm³/mol. The molecule has 0 aliphatic heterocycles. The molecule has 0 radical (unpaired) electrons. The van der Waals surface area contributed by atoms with Crippen molar-refractivity contribution < 1.29 is 14.3 Å². The number of carbonyl (C=O) groups excluding carboxylic acids is 2. The summed E-state index contributed by atoms with van der Waals surface area (Å²) in [6, 6.07) is 16.5. The second-order valence-corrected chi connectivity index (χ2v) is 5.91. The molecule has 0 bridgehead atoms. The van der Waals surface area contributed by atoms with E-state index >= 15 is 0 Å². The third-order valence-electron chi connectivity index (χ3n) is 4.11. The summed E-state index contributed by atoms with van der Waals surface area (Å²) >= 11 is 0. The molecule has 3 N–H and O–H groups in total. The molecule has 2 rings (SSSR count). The van der Waals surface area contributed by atoms with Gasteiger partial charge in [-0.15, -0.1) is 0 Å². The number of nitrogens with two attached hydrogens (primary N) is 1. The molecular formula is C20H24N2O3. The van der Waals surface area contributed by atoms with E-state index in [2.05, 4.69) is 24.4 Å². The fraction of sp³-hybridized carbons (Fsp3) is 0.300. The van der Waals surface area contributed by atoms with Crippen LogP contribution in [-0.2, 0) is 4.79 Å². The molecule has 0 spiro atoms. The van der Waals surface area contributed by atoms with Crippen molar-refractivity contribution >= 4 is 11.8 Å². The Morgan fingerprint density at radius 1 is 1.08 bits per heavy atom. The van der Waals surface area contributed by atoms with Crippen molar-refractivity contribution in [3.8, 4) is 5.75 Å². The molecular weight excluding hydrogens is 316 g/mol. The number of benzene rings is 2. The summed E-state index contributed by atoms with van der Waals surface area (Å²) in [4.78, 5) is 23.3. The lowest BCUT2D eigenvalue weighted by Crippen LogP contribution is -2.38. The summed E-state index contributed by atoms with van der Waals surface area (Å²) in [5.41, 5.74) is 6.81. The topological polar surface area (TPSA) is 81.4 Å². The van der Waals surface area contributed by atoms with Gasteiger partial charge in [-0.2, -0.15) is 0 Å². The van der Waals surface area contributed by atoms with E-state index in [9.17, 15) is 9.59 Å². The second-order valence-electron chi connectivity index (χ2n) is 5.91. The van der Waals surface area contributed by atoms with Crippen LogP contribution >= 0.6 is 0 Å². The Bertz CT molecular complexity index is 699. The zero-order valence-corrected chi connectivity index (χ0v) is 14.6. The maximum absolute atomic E-state index is 12.3. The van der Waals surface area contributed by atoms with Crippen LogP contribution in [-0.4, -0.2) is 24.5 Å². The second kappa shape index (κ2) is 8.87. The fourth-order valence-corrected chi connectivity index (χ4v) is 2.55. The van der Waals surface area contributed by atoms with E-state index in [0.29, 0.717) is 17.9 Å². The molecule has 0 saturated heterocycles. The number of nitrogens with one attached hydrogen (secondary N) is 1. The summed E-state index contributed by atoms with van der Waals surface area (Å²) in [7, 11) is 0. The largest absolute Gasteiger partial charge is 0.481 e. The molecule has 0 aliphatic rings. The molecule has 2 atom stereocenters. The van der Waals surface area contributed by atoms with E-state index < -0.39 is 12.0 Å². The van der Waals surface area contributed by atoms with Crippen LogP contribution < -0.4 is 15.8 Å². The maximum Gasteiger partial charge on any atom is 0.260 e. The molecule has 2 aromatic carbocycles. The molecule has 0 unspecified atom stereocenters. The monoisotopic (exact) mass is 340 g/mol. The summed E-state index contributed by atoms with van der Waals surface area (Å²) < 4.78 is 5.62. The minimum absolute atomic E-state index is 0.173. The number of primary amides is 1. The van der Waals surface area contributed by atoms with Crippen LogP contribution in [0.1, 0.15) is 42.1 Å². The minimum atomic E-state index is -0.632. The van der Waals surface area contributed by atoms with Crippen LogP contribution in [0.4, 0.5) is 0 Å². The number of rotatable bonds is 8. The van der Waals surface area contributed by atoms with E-state index in [1.807, 2.05) is 18.2 Å². The van der Waals surface area contributed by atoms with Crippen LogP contribution in [0.5, 0.6) is 5.75 Å². The molecule has 25 heavy (non-hydrogen) atoms. The lowest BCUT2D eigenvalue weighted by Gasteiger charge is -2.19. The van der Waals surface area contributed by atoms with Crippen LogP contribution in [0.25, 0.3) is 0 Å². The first-order chi connectivity index (χ1) is 12.0. The SMILES string of the molecule is CC[C@@H](CNC(=O)[C@@H](C)Oc1ccc(C(N)=O)cc1)c1ccccc1. The number of ether oxygens (including phenoxy) is 1. The van der Waals surface area contributed by atoms with Gasteiger partial charge in [-0.3, -0.25) is 9.59 Å². The van der Waals surface area contributed by atoms with Crippen molar-refractivity contribution in [2.45, 2.75) is 32.3 Å². The quantitative estimate of drug-likeness (QED) is 0.775. The van der Waals surface area contributed by atoms with Gasteiger partial charge in [-0.25, -0.2) is 0 Å². The standard InChI is InChI=1S/C20H24N2O3/c1-3-15(16-7-5-4-6-8-16)13-22-20(24)14(2)25-18-11-9-17(10-12-18)19(21)23/h4-12,14-15H,3,13H2,1-2H3,(H2,21,23)(H,22,24)/t14-,15+/m1/s1. The van der Waals surface area contributed by atoms with E-state index in [1.54, 1.807) is 31.2 Å². The third kappa shape index (κ3) is 5.35. The van der Waals surface area contributed by atoms with Gasteiger partial charge < -0.3 is 15.8 Å². The zero-order valence-electron chi connectivity index (χ0n) is 14.6. The molecule has 2 amide bonds. The van der Waals surface area contributed by atoms with Gasteiger partial charge in [0.15, 0.2) is 6.10 Å². The smallest absolute Gasteiger partial charge is 0.260 e. The highest BCUT2D eigenvalue weighted by atomic mass is 16.5. The van der Waals surface area contributed by atoms with Crippen molar-refractivity contribution in [1.29, 1.82) is 0 Å². The van der Waals surface area contributed by atoms with Gasteiger partial charge in [-0.05, 0) is 43.2 Å². The Kier molecular flexibility index (Phi) is 6.57. The Labute approximate surface area is 148 Å². The van der Waals surface area contributed by atoms with Crippen LogP contribution in [0.15, 0.2) is 54.6 Å². The van der Waals surface area contributed by atoms with Crippen molar-refractivity contribution in [1.82, 2.24) is 5.32 Å². The summed E-state index contributed by atoms with van der Waals surface area (Å²) in [5, 5.41) is 2.94. The normalized spacial score (nSPS) is 12.9. The first kappa shape index (κ1) is 18.5. The molecule has 0 aromatic heterocycles. The highest BCUT2D eigenvalue weighted by Crippen LogP contribution is 2.18. The lowest BCUT2D eigenvalue weighted by atomic mass is 9.96. The Morgan fingerprint density at radius 3 is 2.28 bits per heavy atom. The Morgan fingerprint density at radius 2 is 1.72 bits per heavy atom. The van der Waals surface area contributed by atoms with Gasteiger partial charge >= 0.3 is 0 Å². The molecule has 0 aliphatic carbocycles. The lowest BCUT2D eigenvalue weighted by molar-refractivity contribution is -0.127. The van der Waals surface area contributed by atoms with Crippen molar-refractivity contribution in [2.24, 2.45) is 5.73 Å². The van der Waals surface area contributed by atoms with E-state index in [0.717, 1.165) is 6.42 Å². The molecule has 132 valence electrons. The summed E-state index contributed by atoms with van der Waals surface area (Å²) in [6.45, 7) is 4.36. The first-order valence-electron chi connectivity index (χ1n) is 8.40. The number of carbonyl (C=O) groups is 2. The zero-order chi connectivity index (χ0) is 18.2. The average Bonchev–Trinajstić information content (AvgIpc) is 2.63. The Balaban J connectivity index is 1.88. The highest BCUT2D eigenvalue weighted by molar-refractivity contribution is 5.92. The van der Waals surface area contributed by atoms with Gasteiger partial charge in [0.05, 0.1) is 0 Å². The van der Waals surface area contributed by atoms with Crippen LogP contribution in [0, 0.1) is 0 Å². The molecule has 5 heteroatoms. The molecule has 5 nitrogen and oxygen atoms in total. The molecule has 0 saturated carbocycles. The number of amides is 2. The molecule has 2 aromatic rings. The summed E-state index contributed by atoms with van der Waals surface area (Å²) in [6.07, 6.45) is 0.307. The van der Waals surface area contributed by atoms with Gasteiger partial charge in [0, 0.05) is 18.0 Å². The van der Waals surface area contributed by atoms with E-state index in [4.69, 9.17) is 10.5 Å². The van der Waals surface area contributed by atoms with Crippen LogP contribution in [0.3, 0.4) is 0 Å². The van der Waals surface area contributed by atoms with Crippen molar-refractivity contribution in [3.05, 3.63) is 65.7 Å². The van der Waals surface area contributed by atoms with Gasteiger partial charge in [-0.1, -0.05) is 37.3 Å². The average molecular weight is 340 g/mol. The van der Waals surface area contributed by atoms with Gasteiger partial charge in [0.1, 0.15) is 5.75 Å².